The van der Waals surface area contributed by atoms with E-state index < -0.39 is 5.97 Å². The molecular weight excluding hydrogens is 318 g/mol. The van der Waals surface area contributed by atoms with Crippen LogP contribution in [0.1, 0.15) is 10.4 Å². The van der Waals surface area contributed by atoms with Crippen molar-refractivity contribution in [1.82, 2.24) is 9.97 Å². The van der Waals surface area contributed by atoms with Gasteiger partial charge in [-0.25, -0.2) is 14.8 Å². The van der Waals surface area contributed by atoms with Crippen LogP contribution < -0.4 is 10.1 Å². The van der Waals surface area contributed by atoms with Gasteiger partial charge in [-0.3, -0.25) is 0 Å². The van der Waals surface area contributed by atoms with Gasteiger partial charge in [-0.1, -0.05) is 24.3 Å². The Bertz CT molecular complexity index is 862. The van der Waals surface area contributed by atoms with Gasteiger partial charge in [-0.05, 0) is 29.8 Å². The summed E-state index contributed by atoms with van der Waals surface area (Å²) < 4.78 is 10.4. The van der Waals surface area contributed by atoms with Crippen molar-refractivity contribution in [3.8, 4) is 22.9 Å². The Hall–Kier alpha value is -3.41. The number of nitrogens with zero attached hydrogens (tertiary/aromatic N) is 2. The lowest BCUT2D eigenvalue weighted by Crippen LogP contribution is -2.04. The van der Waals surface area contributed by atoms with Crippen LogP contribution in [-0.2, 0) is 4.74 Å². The number of ether oxygens (including phenoxy) is 2. The van der Waals surface area contributed by atoms with Crippen LogP contribution in [-0.4, -0.2) is 30.1 Å². The van der Waals surface area contributed by atoms with Gasteiger partial charge < -0.3 is 14.8 Å². The summed E-state index contributed by atoms with van der Waals surface area (Å²) in [6.45, 7) is 0. The van der Waals surface area contributed by atoms with E-state index in [1.807, 2.05) is 31.3 Å². The molecule has 126 valence electrons. The van der Waals surface area contributed by atoms with E-state index in [9.17, 15) is 4.79 Å². The van der Waals surface area contributed by atoms with Crippen molar-refractivity contribution in [2.75, 3.05) is 19.5 Å². The lowest BCUT2D eigenvalue weighted by atomic mass is 10.1. The first-order valence-corrected chi connectivity index (χ1v) is 7.66. The van der Waals surface area contributed by atoms with Gasteiger partial charge in [0.25, 0.3) is 0 Å². The third-order valence-electron chi connectivity index (χ3n) is 3.63. The maximum absolute atomic E-state index is 11.8. The summed E-state index contributed by atoms with van der Waals surface area (Å²) in [5.74, 6) is -0.127. The SMILES string of the molecule is CNc1ccc(-c2cnc(Oc3ccccc3C(=O)OC)nc2)cc1. The highest BCUT2D eigenvalue weighted by molar-refractivity contribution is 5.92. The minimum atomic E-state index is -0.475. The lowest BCUT2D eigenvalue weighted by Gasteiger charge is -2.08. The summed E-state index contributed by atoms with van der Waals surface area (Å²) in [5, 5.41) is 3.07. The summed E-state index contributed by atoms with van der Waals surface area (Å²) in [7, 11) is 3.19. The molecule has 0 radical (unpaired) electrons. The fourth-order valence-electron chi connectivity index (χ4n) is 2.28. The fraction of sp³-hybridized carbons (Fsp3) is 0.105. The number of hydrogen-bond acceptors (Lipinski definition) is 6. The average Bonchev–Trinajstić information content (AvgIpc) is 2.68. The number of nitrogens with one attached hydrogen (secondary N) is 1. The number of hydrogen-bond donors (Lipinski definition) is 1. The van der Waals surface area contributed by atoms with Crippen molar-refractivity contribution >= 4 is 11.7 Å². The minimum Gasteiger partial charge on any atom is -0.465 e. The van der Waals surface area contributed by atoms with E-state index in [0.717, 1.165) is 16.8 Å². The highest BCUT2D eigenvalue weighted by atomic mass is 16.5. The monoisotopic (exact) mass is 335 g/mol. The third-order valence-corrected chi connectivity index (χ3v) is 3.63. The van der Waals surface area contributed by atoms with Crippen molar-refractivity contribution in [2.45, 2.75) is 0 Å². The Balaban J connectivity index is 1.80. The zero-order valence-electron chi connectivity index (χ0n) is 13.9. The molecule has 6 heteroatoms. The molecule has 0 aliphatic rings. The molecule has 2 aromatic carbocycles. The molecule has 1 N–H and O–H groups in total. The molecule has 6 nitrogen and oxygen atoms in total. The second kappa shape index (κ2) is 7.44. The summed E-state index contributed by atoms with van der Waals surface area (Å²) in [4.78, 5) is 20.2. The molecule has 0 aliphatic carbocycles. The van der Waals surface area contributed by atoms with Crippen LogP contribution in [0.2, 0.25) is 0 Å². The molecule has 0 saturated heterocycles. The standard InChI is InChI=1S/C19H17N3O3/c1-20-15-9-7-13(8-10-15)14-11-21-19(22-12-14)25-17-6-4-3-5-16(17)18(23)24-2/h3-12,20H,1-2H3. The second-order valence-corrected chi connectivity index (χ2v) is 5.17. The molecule has 3 rings (SSSR count). The number of benzene rings is 2. The molecule has 0 amide bonds. The van der Waals surface area contributed by atoms with E-state index in [-0.39, 0.29) is 6.01 Å². The molecule has 0 aliphatic heterocycles. The Morgan fingerprint density at radius 2 is 1.64 bits per heavy atom. The maximum atomic E-state index is 11.8. The summed E-state index contributed by atoms with van der Waals surface area (Å²) in [6.07, 6.45) is 3.36. The molecule has 1 aromatic heterocycles. The number of para-hydroxylation sites is 1. The van der Waals surface area contributed by atoms with Crippen molar-refractivity contribution in [2.24, 2.45) is 0 Å². The van der Waals surface area contributed by atoms with Gasteiger partial charge >= 0.3 is 12.0 Å². The van der Waals surface area contributed by atoms with E-state index >= 15 is 0 Å². The van der Waals surface area contributed by atoms with Crippen LogP contribution in [0, 0.1) is 0 Å². The molecule has 25 heavy (non-hydrogen) atoms. The van der Waals surface area contributed by atoms with E-state index in [4.69, 9.17) is 9.47 Å². The third kappa shape index (κ3) is 3.74. The van der Waals surface area contributed by atoms with Crippen LogP contribution in [0.3, 0.4) is 0 Å². The number of methoxy groups -OCH3 is 1. The first kappa shape index (κ1) is 16.4. The molecule has 0 bridgehead atoms. The van der Waals surface area contributed by atoms with Crippen LogP contribution in [0.4, 0.5) is 5.69 Å². The van der Waals surface area contributed by atoms with E-state index in [1.165, 1.54) is 7.11 Å². The number of rotatable bonds is 5. The van der Waals surface area contributed by atoms with Gasteiger partial charge in [0.1, 0.15) is 11.3 Å². The number of carbonyl (C=O) groups is 1. The van der Waals surface area contributed by atoms with Gasteiger partial charge in [-0.15, -0.1) is 0 Å². The van der Waals surface area contributed by atoms with Gasteiger partial charge in [0.15, 0.2) is 0 Å². The topological polar surface area (TPSA) is 73.3 Å². The quantitative estimate of drug-likeness (QED) is 0.716. The molecular formula is C19H17N3O3. The Labute approximate surface area is 145 Å². The van der Waals surface area contributed by atoms with Crippen LogP contribution >= 0.6 is 0 Å². The Morgan fingerprint density at radius 3 is 2.28 bits per heavy atom. The van der Waals surface area contributed by atoms with Crippen LogP contribution in [0.15, 0.2) is 60.9 Å². The van der Waals surface area contributed by atoms with Gasteiger partial charge in [0, 0.05) is 30.7 Å². The molecule has 0 spiro atoms. The highest BCUT2D eigenvalue weighted by Gasteiger charge is 2.13. The average molecular weight is 335 g/mol. The summed E-state index contributed by atoms with van der Waals surface area (Å²) in [6, 6.07) is 14.9. The molecule has 0 atom stereocenters. The second-order valence-electron chi connectivity index (χ2n) is 5.17. The number of aromatic nitrogens is 2. The van der Waals surface area contributed by atoms with Crippen LogP contribution in [0.25, 0.3) is 11.1 Å². The van der Waals surface area contributed by atoms with E-state index in [1.54, 1.807) is 36.7 Å². The van der Waals surface area contributed by atoms with Gasteiger partial charge in [0.05, 0.1) is 7.11 Å². The number of carbonyl (C=O) groups excluding carboxylic acids is 1. The first-order chi connectivity index (χ1) is 12.2. The zero-order valence-corrected chi connectivity index (χ0v) is 13.9. The number of esters is 1. The van der Waals surface area contributed by atoms with Gasteiger partial charge in [-0.2, -0.15) is 0 Å². The molecule has 3 aromatic rings. The van der Waals surface area contributed by atoms with Crippen molar-refractivity contribution < 1.29 is 14.3 Å². The lowest BCUT2D eigenvalue weighted by molar-refractivity contribution is 0.0597. The van der Waals surface area contributed by atoms with E-state index in [2.05, 4.69) is 15.3 Å². The predicted octanol–water partition coefficient (Wildman–Crippen LogP) is 3.76. The van der Waals surface area contributed by atoms with E-state index in [0.29, 0.717) is 11.3 Å². The van der Waals surface area contributed by atoms with Crippen LogP contribution in [0.5, 0.6) is 11.8 Å². The molecule has 0 unspecified atom stereocenters. The zero-order chi connectivity index (χ0) is 17.6. The van der Waals surface area contributed by atoms with Crippen molar-refractivity contribution in [3.63, 3.8) is 0 Å². The predicted molar refractivity (Wildman–Crippen MR) is 94.9 cm³/mol. The molecule has 1 heterocycles. The van der Waals surface area contributed by atoms with Crippen molar-refractivity contribution in [1.29, 1.82) is 0 Å². The van der Waals surface area contributed by atoms with Gasteiger partial charge in [0.2, 0.25) is 0 Å². The smallest absolute Gasteiger partial charge is 0.341 e. The summed E-state index contributed by atoms with van der Waals surface area (Å²) in [5.41, 5.74) is 3.22. The Kier molecular flexibility index (Phi) is 4.89. The maximum Gasteiger partial charge on any atom is 0.341 e. The molecule has 0 saturated carbocycles. The van der Waals surface area contributed by atoms with Crippen molar-refractivity contribution in [3.05, 3.63) is 66.5 Å². The first-order valence-electron chi connectivity index (χ1n) is 7.66. The highest BCUT2D eigenvalue weighted by Crippen LogP contribution is 2.25. The molecule has 0 fully saturated rings. The number of anilines is 1. The largest absolute Gasteiger partial charge is 0.465 e. The Morgan fingerprint density at radius 1 is 0.960 bits per heavy atom. The minimum absolute atomic E-state index is 0.159. The summed E-state index contributed by atoms with van der Waals surface area (Å²) >= 11 is 0. The fourth-order valence-corrected chi connectivity index (χ4v) is 2.28. The normalized spacial score (nSPS) is 10.2.